The van der Waals surface area contributed by atoms with E-state index in [1.165, 1.54) is 42.5 Å². The van der Waals surface area contributed by atoms with E-state index in [2.05, 4.69) is 0 Å². The van der Waals surface area contributed by atoms with E-state index in [0.717, 1.165) is 0 Å². The van der Waals surface area contributed by atoms with Crippen molar-refractivity contribution >= 4 is 17.4 Å². The summed E-state index contributed by atoms with van der Waals surface area (Å²) in [7, 11) is 0. The van der Waals surface area contributed by atoms with Crippen LogP contribution in [0.2, 0.25) is 5.02 Å². The summed E-state index contributed by atoms with van der Waals surface area (Å²) in [4.78, 5) is 11.7. The molecule has 98 valence electrons. The molecule has 5 heteroatoms. The number of carbonyl (C=O) groups excluding carboxylic acids is 1. The second-order valence-electron chi connectivity index (χ2n) is 3.74. The second-order valence-corrected chi connectivity index (χ2v) is 4.15. The van der Waals surface area contributed by atoms with Crippen molar-refractivity contribution in [2.75, 3.05) is 6.61 Å². The van der Waals surface area contributed by atoms with Gasteiger partial charge in [-0.3, -0.25) is 4.79 Å². The van der Waals surface area contributed by atoms with E-state index in [4.69, 9.17) is 16.3 Å². The lowest BCUT2D eigenvalue weighted by Crippen LogP contribution is -2.13. The molecule has 2 aromatic carbocycles. The maximum Gasteiger partial charge on any atom is 0.203 e. The Bertz CT molecular complexity index is 614. The molecule has 0 amide bonds. The molecule has 2 rings (SSSR count). The van der Waals surface area contributed by atoms with Crippen LogP contribution in [-0.2, 0) is 0 Å². The Morgan fingerprint density at radius 1 is 1.11 bits per heavy atom. The zero-order valence-electron chi connectivity index (χ0n) is 9.70. The fraction of sp³-hybridized carbons (Fsp3) is 0.0714. The van der Waals surface area contributed by atoms with Crippen molar-refractivity contribution in [1.82, 2.24) is 0 Å². The predicted octanol–water partition coefficient (Wildman–Crippen LogP) is 3.88. The van der Waals surface area contributed by atoms with Crippen molar-refractivity contribution in [1.29, 1.82) is 0 Å². The van der Waals surface area contributed by atoms with Crippen LogP contribution in [-0.4, -0.2) is 12.4 Å². The van der Waals surface area contributed by atoms with Crippen LogP contribution < -0.4 is 4.74 Å². The maximum atomic E-state index is 13.5. The Hall–Kier alpha value is -1.94. The van der Waals surface area contributed by atoms with Crippen LogP contribution in [0.25, 0.3) is 0 Å². The highest BCUT2D eigenvalue weighted by Gasteiger charge is 2.13. The normalized spacial score (nSPS) is 10.3. The number of ketones is 1. The highest BCUT2D eigenvalue weighted by Crippen LogP contribution is 2.24. The van der Waals surface area contributed by atoms with Gasteiger partial charge in [0.1, 0.15) is 5.82 Å². The van der Waals surface area contributed by atoms with Gasteiger partial charge < -0.3 is 4.74 Å². The molecule has 0 atom stereocenters. The maximum absolute atomic E-state index is 13.5. The zero-order chi connectivity index (χ0) is 13.8. The molecule has 0 saturated heterocycles. The Kier molecular flexibility index (Phi) is 4.12. The molecule has 0 heterocycles. The first kappa shape index (κ1) is 13.5. The molecule has 0 spiro atoms. The van der Waals surface area contributed by atoms with Crippen molar-refractivity contribution in [2.45, 2.75) is 0 Å². The molecule has 2 aromatic rings. The van der Waals surface area contributed by atoms with Crippen LogP contribution >= 0.6 is 11.6 Å². The van der Waals surface area contributed by atoms with E-state index >= 15 is 0 Å². The van der Waals surface area contributed by atoms with Gasteiger partial charge in [0, 0.05) is 0 Å². The Balaban J connectivity index is 2.09. The zero-order valence-corrected chi connectivity index (χ0v) is 10.5. The number of Topliss-reactive ketones (excluding diaryl/α,β-unsaturated/α-hetero) is 1. The van der Waals surface area contributed by atoms with E-state index in [1.807, 2.05) is 0 Å². The molecule has 0 aromatic heterocycles. The van der Waals surface area contributed by atoms with Crippen molar-refractivity contribution < 1.29 is 18.3 Å². The summed E-state index contributed by atoms with van der Waals surface area (Å²) in [5.41, 5.74) is -0.0927. The Morgan fingerprint density at radius 3 is 2.58 bits per heavy atom. The van der Waals surface area contributed by atoms with E-state index in [9.17, 15) is 13.6 Å². The van der Waals surface area contributed by atoms with Crippen LogP contribution in [0, 0.1) is 11.6 Å². The minimum Gasteiger partial charge on any atom is -0.482 e. The molecule has 0 saturated carbocycles. The lowest BCUT2D eigenvalue weighted by molar-refractivity contribution is 0.0914. The van der Waals surface area contributed by atoms with Gasteiger partial charge in [-0.1, -0.05) is 29.8 Å². The monoisotopic (exact) mass is 282 g/mol. The van der Waals surface area contributed by atoms with Gasteiger partial charge in [-0.15, -0.1) is 0 Å². The SMILES string of the molecule is O=C(COc1cccc(Cl)c1F)c1ccccc1F. The van der Waals surface area contributed by atoms with Crippen LogP contribution in [0.5, 0.6) is 5.75 Å². The smallest absolute Gasteiger partial charge is 0.203 e. The topological polar surface area (TPSA) is 26.3 Å². The number of hydrogen-bond donors (Lipinski definition) is 0. The Labute approximate surface area is 113 Å². The summed E-state index contributed by atoms with van der Waals surface area (Å²) in [6.45, 7) is -0.460. The van der Waals surface area contributed by atoms with E-state index in [-0.39, 0.29) is 16.3 Å². The van der Waals surface area contributed by atoms with Crippen LogP contribution in [0.4, 0.5) is 8.78 Å². The molecular weight excluding hydrogens is 274 g/mol. The number of halogens is 3. The van der Waals surface area contributed by atoms with Gasteiger partial charge in [0.2, 0.25) is 5.78 Å². The highest BCUT2D eigenvalue weighted by molar-refractivity contribution is 6.30. The first-order valence-electron chi connectivity index (χ1n) is 5.44. The molecule has 19 heavy (non-hydrogen) atoms. The van der Waals surface area contributed by atoms with Crippen LogP contribution in [0.1, 0.15) is 10.4 Å². The summed E-state index contributed by atoms with van der Waals surface area (Å²) in [5, 5.41) is -0.101. The fourth-order valence-electron chi connectivity index (χ4n) is 1.50. The quantitative estimate of drug-likeness (QED) is 0.796. The molecule has 0 aliphatic heterocycles. The second kappa shape index (κ2) is 5.80. The third-order valence-electron chi connectivity index (χ3n) is 2.45. The molecule has 0 aliphatic carbocycles. The first-order valence-corrected chi connectivity index (χ1v) is 5.82. The number of hydrogen-bond acceptors (Lipinski definition) is 2. The van der Waals surface area contributed by atoms with Crippen molar-refractivity contribution in [3.63, 3.8) is 0 Å². The lowest BCUT2D eigenvalue weighted by atomic mass is 10.1. The van der Waals surface area contributed by atoms with Crippen molar-refractivity contribution in [3.05, 3.63) is 64.7 Å². The van der Waals surface area contributed by atoms with Crippen LogP contribution in [0.3, 0.4) is 0 Å². The lowest BCUT2D eigenvalue weighted by Gasteiger charge is -2.07. The third kappa shape index (κ3) is 3.09. The first-order chi connectivity index (χ1) is 9.09. The largest absolute Gasteiger partial charge is 0.482 e. The molecule has 2 nitrogen and oxygen atoms in total. The minimum absolute atomic E-state index is 0.0927. The average Bonchev–Trinajstić information content (AvgIpc) is 2.40. The third-order valence-corrected chi connectivity index (χ3v) is 2.74. The summed E-state index contributed by atoms with van der Waals surface area (Å²) in [5.74, 6) is -2.09. The van der Waals surface area contributed by atoms with Gasteiger partial charge in [0.05, 0.1) is 10.6 Å². The predicted molar refractivity (Wildman–Crippen MR) is 67.6 cm³/mol. The van der Waals surface area contributed by atoms with Gasteiger partial charge in [-0.2, -0.15) is 0 Å². The molecule has 0 aliphatic rings. The molecule has 0 unspecified atom stereocenters. The number of benzene rings is 2. The van der Waals surface area contributed by atoms with Gasteiger partial charge in [0.25, 0.3) is 0 Å². The average molecular weight is 283 g/mol. The molecular formula is C14H9ClF2O2. The fourth-order valence-corrected chi connectivity index (χ4v) is 1.67. The van der Waals surface area contributed by atoms with Gasteiger partial charge in [0.15, 0.2) is 18.2 Å². The highest BCUT2D eigenvalue weighted by atomic mass is 35.5. The molecule has 0 N–H and O–H groups in total. The molecule has 0 radical (unpaired) electrons. The van der Waals surface area contributed by atoms with Gasteiger partial charge in [-0.25, -0.2) is 8.78 Å². The van der Waals surface area contributed by atoms with E-state index in [1.54, 1.807) is 0 Å². The van der Waals surface area contributed by atoms with Gasteiger partial charge in [-0.05, 0) is 24.3 Å². The number of rotatable bonds is 4. The Morgan fingerprint density at radius 2 is 1.84 bits per heavy atom. The van der Waals surface area contributed by atoms with Gasteiger partial charge >= 0.3 is 0 Å². The van der Waals surface area contributed by atoms with E-state index < -0.39 is 24.0 Å². The minimum atomic E-state index is -0.745. The summed E-state index contributed by atoms with van der Waals surface area (Å²) < 4.78 is 31.8. The summed E-state index contributed by atoms with van der Waals surface area (Å²) >= 11 is 5.57. The van der Waals surface area contributed by atoms with Crippen molar-refractivity contribution in [3.8, 4) is 5.75 Å². The molecule has 0 bridgehead atoms. The van der Waals surface area contributed by atoms with Crippen molar-refractivity contribution in [2.24, 2.45) is 0 Å². The number of carbonyl (C=O) groups is 1. The van der Waals surface area contributed by atoms with E-state index in [0.29, 0.717) is 0 Å². The summed E-state index contributed by atoms with van der Waals surface area (Å²) in [6, 6.07) is 9.73. The molecule has 0 fully saturated rings. The van der Waals surface area contributed by atoms with Crippen LogP contribution in [0.15, 0.2) is 42.5 Å². The standard InChI is InChI=1S/C14H9ClF2O2/c15-10-5-3-7-13(14(10)17)19-8-12(18)9-4-1-2-6-11(9)16/h1-7H,8H2. The summed E-state index contributed by atoms with van der Waals surface area (Å²) in [6.07, 6.45) is 0. The number of ether oxygens (including phenoxy) is 1.